The number of rotatable bonds is 7. The van der Waals surface area contributed by atoms with Crippen LogP contribution in [0.4, 0.5) is 5.69 Å². The second kappa shape index (κ2) is 9.62. The van der Waals surface area contributed by atoms with Crippen LogP contribution in [0.1, 0.15) is 46.5 Å². The first-order valence-electron chi connectivity index (χ1n) is 9.69. The maximum absolute atomic E-state index is 12.8. The molecule has 0 aliphatic heterocycles. The number of hydrogen-bond donors (Lipinski definition) is 2. The molecule has 1 aromatic rings. The zero-order chi connectivity index (χ0) is 20.0. The van der Waals surface area contributed by atoms with Crippen molar-refractivity contribution in [3.05, 3.63) is 18.2 Å². The monoisotopic (exact) mass is 376 g/mol. The molecule has 1 saturated carbocycles. The van der Waals surface area contributed by atoms with Gasteiger partial charge in [0.05, 0.1) is 14.2 Å². The minimum Gasteiger partial charge on any atom is -0.493 e. The molecule has 0 heterocycles. The fourth-order valence-electron chi connectivity index (χ4n) is 3.46. The maximum Gasteiger partial charge on any atom is 0.247 e. The van der Waals surface area contributed by atoms with Crippen molar-refractivity contribution in [2.24, 2.45) is 17.8 Å². The maximum atomic E-state index is 12.8. The first kappa shape index (κ1) is 21.1. The second-order valence-corrected chi connectivity index (χ2v) is 7.75. The van der Waals surface area contributed by atoms with Gasteiger partial charge >= 0.3 is 0 Å². The van der Waals surface area contributed by atoms with Crippen LogP contribution in [0.2, 0.25) is 0 Å². The summed E-state index contributed by atoms with van der Waals surface area (Å²) in [6, 6.07) is 4.62. The van der Waals surface area contributed by atoms with Crippen LogP contribution in [-0.4, -0.2) is 32.1 Å². The highest BCUT2D eigenvalue weighted by molar-refractivity contribution is 5.97. The highest BCUT2D eigenvalue weighted by Gasteiger charge is 2.30. The normalized spacial score (nSPS) is 20.7. The van der Waals surface area contributed by atoms with Gasteiger partial charge in [0.25, 0.3) is 0 Å². The minimum absolute atomic E-state index is 0.0105. The Labute approximate surface area is 162 Å². The molecule has 0 bridgehead atoms. The third-order valence-electron chi connectivity index (χ3n) is 5.28. The van der Waals surface area contributed by atoms with E-state index in [9.17, 15) is 9.59 Å². The summed E-state index contributed by atoms with van der Waals surface area (Å²) in [5, 5.41) is 5.84. The Morgan fingerprint density at radius 3 is 2.22 bits per heavy atom. The van der Waals surface area contributed by atoms with Crippen LogP contribution in [0.25, 0.3) is 0 Å². The van der Waals surface area contributed by atoms with Gasteiger partial charge in [-0.05, 0) is 49.7 Å². The standard InChI is InChI=1S/C21H32N2O4/c1-13(2)19(23-20(24)15-8-6-14(3)7-9-15)21(25)22-16-10-11-17(26-4)18(12-16)27-5/h10-15,19H,6-9H2,1-5H3,(H,22,25)(H,23,24)/t14?,15?,19-/m1/s1. The van der Waals surface area contributed by atoms with E-state index in [-0.39, 0.29) is 23.7 Å². The molecule has 2 amide bonds. The Kier molecular flexibility index (Phi) is 7.51. The van der Waals surface area contributed by atoms with E-state index < -0.39 is 6.04 Å². The fourth-order valence-corrected chi connectivity index (χ4v) is 3.46. The molecule has 1 aromatic carbocycles. The molecular formula is C21H32N2O4. The average molecular weight is 376 g/mol. The number of methoxy groups -OCH3 is 2. The first-order valence-corrected chi connectivity index (χ1v) is 9.69. The molecule has 0 unspecified atom stereocenters. The Hall–Kier alpha value is -2.24. The average Bonchev–Trinajstić information content (AvgIpc) is 2.65. The zero-order valence-corrected chi connectivity index (χ0v) is 17.0. The lowest BCUT2D eigenvalue weighted by atomic mass is 9.82. The number of carbonyl (C=O) groups excluding carboxylic acids is 2. The van der Waals surface area contributed by atoms with Crippen molar-refractivity contribution in [2.75, 3.05) is 19.5 Å². The molecule has 2 rings (SSSR count). The molecular weight excluding hydrogens is 344 g/mol. The SMILES string of the molecule is COc1ccc(NC(=O)[C@H](NC(=O)C2CCC(C)CC2)C(C)C)cc1OC. The summed E-state index contributed by atoms with van der Waals surface area (Å²) in [6.07, 6.45) is 3.94. The Morgan fingerprint density at radius 2 is 1.67 bits per heavy atom. The van der Waals surface area contributed by atoms with Crippen molar-refractivity contribution in [1.82, 2.24) is 5.32 Å². The molecule has 0 saturated heterocycles. The molecule has 1 aliphatic rings. The fraction of sp³-hybridized carbons (Fsp3) is 0.619. The van der Waals surface area contributed by atoms with Crippen LogP contribution in [-0.2, 0) is 9.59 Å². The molecule has 27 heavy (non-hydrogen) atoms. The molecule has 0 radical (unpaired) electrons. The van der Waals surface area contributed by atoms with Crippen molar-refractivity contribution in [1.29, 1.82) is 0 Å². The number of carbonyl (C=O) groups is 2. The van der Waals surface area contributed by atoms with Crippen LogP contribution >= 0.6 is 0 Å². The second-order valence-electron chi connectivity index (χ2n) is 7.75. The number of benzene rings is 1. The van der Waals surface area contributed by atoms with Gasteiger partial charge in [-0.1, -0.05) is 20.8 Å². The third kappa shape index (κ3) is 5.62. The summed E-state index contributed by atoms with van der Waals surface area (Å²) < 4.78 is 10.5. The van der Waals surface area contributed by atoms with Gasteiger partial charge in [-0.3, -0.25) is 9.59 Å². The number of ether oxygens (including phenoxy) is 2. The van der Waals surface area contributed by atoms with Gasteiger partial charge in [0, 0.05) is 17.7 Å². The molecule has 2 N–H and O–H groups in total. The van der Waals surface area contributed by atoms with Crippen molar-refractivity contribution in [2.45, 2.75) is 52.5 Å². The smallest absolute Gasteiger partial charge is 0.247 e. The van der Waals surface area contributed by atoms with Gasteiger partial charge in [0.15, 0.2) is 11.5 Å². The van der Waals surface area contributed by atoms with E-state index in [2.05, 4.69) is 17.6 Å². The van der Waals surface area contributed by atoms with Crippen molar-refractivity contribution in [3.8, 4) is 11.5 Å². The third-order valence-corrected chi connectivity index (χ3v) is 5.28. The quantitative estimate of drug-likeness (QED) is 0.762. The van der Waals surface area contributed by atoms with E-state index in [1.165, 1.54) is 0 Å². The lowest BCUT2D eigenvalue weighted by Crippen LogP contribution is -2.49. The molecule has 0 aromatic heterocycles. The van der Waals surface area contributed by atoms with E-state index in [1.54, 1.807) is 32.4 Å². The first-order chi connectivity index (χ1) is 12.8. The van der Waals surface area contributed by atoms with Gasteiger partial charge in [-0.2, -0.15) is 0 Å². The molecule has 150 valence electrons. The Bertz CT molecular complexity index is 652. The van der Waals surface area contributed by atoms with Crippen molar-refractivity contribution >= 4 is 17.5 Å². The number of hydrogen-bond acceptors (Lipinski definition) is 4. The van der Waals surface area contributed by atoms with E-state index in [1.807, 2.05) is 13.8 Å². The summed E-state index contributed by atoms with van der Waals surface area (Å²) in [4.78, 5) is 25.4. The largest absolute Gasteiger partial charge is 0.493 e. The molecule has 1 fully saturated rings. The van der Waals surface area contributed by atoms with Gasteiger partial charge < -0.3 is 20.1 Å². The molecule has 0 spiro atoms. The highest BCUT2D eigenvalue weighted by atomic mass is 16.5. The number of amides is 2. The summed E-state index contributed by atoms with van der Waals surface area (Å²) in [5.41, 5.74) is 0.601. The van der Waals surface area contributed by atoms with Crippen LogP contribution in [0.3, 0.4) is 0 Å². The van der Waals surface area contributed by atoms with Crippen LogP contribution in [0, 0.1) is 17.8 Å². The van der Waals surface area contributed by atoms with Gasteiger partial charge in [0.1, 0.15) is 6.04 Å². The summed E-state index contributed by atoms with van der Waals surface area (Å²) >= 11 is 0. The van der Waals surface area contributed by atoms with Gasteiger partial charge in [-0.25, -0.2) is 0 Å². The van der Waals surface area contributed by atoms with E-state index >= 15 is 0 Å². The topological polar surface area (TPSA) is 76.7 Å². The van der Waals surface area contributed by atoms with Gasteiger partial charge in [0.2, 0.25) is 11.8 Å². The summed E-state index contributed by atoms with van der Waals surface area (Å²) in [7, 11) is 3.11. The minimum atomic E-state index is -0.579. The Morgan fingerprint density at radius 1 is 1.04 bits per heavy atom. The van der Waals surface area contributed by atoms with Crippen LogP contribution < -0.4 is 20.1 Å². The molecule has 1 atom stereocenters. The zero-order valence-electron chi connectivity index (χ0n) is 17.0. The summed E-state index contributed by atoms with van der Waals surface area (Å²) in [5.74, 6) is 1.57. The molecule has 1 aliphatic carbocycles. The van der Waals surface area contributed by atoms with Gasteiger partial charge in [-0.15, -0.1) is 0 Å². The molecule has 6 heteroatoms. The number of anilines is 1. The van der Waals surface area contributed by atoms with E-state index in [4.69, 9.17) is 9.47 Å². The summed E-state index contributed by atoms with van der Waals surface area (Å²) in [6.45, 7) is 6.09. The predicted molar refractivity (Wildman–Crippen MR) is 106 cm³/mol. The predicted octanol–water partition coefficient (Wildman–Crippen LogP) is 3.61. The lowest BCUT2D eigenvalue weighted by molar-refractivity contribution is -0.131. The highest BCUT2D eigenvalue weighted by Crippen LogP contribution is 2.30. The van der Waals surface area contributed by atoms with E-state index in [0.717, 1.165) is 25.7 Å². The molecule has 6 nitrogen and oxygen atoms in total. The van der Waals surface area contributed by atoms with Crippen molar-refractivity contribution < 1.29 is 19.1 Å². The van der Waals surface area contributed by atoms with Crippen molar-refractivity contribution in [3.63, 3.8) is 0 Å². The van der Waals surface area contributed by atoms with Crippen LogP contribution in [0.5, 0.6) is 11.5 Å². The lowest BCUT2D eigenvalue weighted by Gasteiger charge is -2.28. The Balaban J connectivity index is 2.03. The van der Waals surface area contributed by atoms with Crippen LogP contribution in [0.15, 0.2) is 18.2 Å². The number of nitrogens with one attached hydrogen (secondary N) is 2. The van der Waals surface area contributed by atoms with E-state index in [0.29, 0.717) is 23.1 Å².